The molecule has 1 N–H and O–H groups in total. The van der Waals surface area contributed by atoms with E-state index in [0.29, 0.717) is 6.04 Å². The van der Waals surface area contributed by atoms with E-state index < -0.39 is 0 Å². The number of hydrogen-bond acceptors (Lipinski definition) is 3. The van der Waals surface area contributed by atoms with Crippen molar-refractivity contribution in [1.82, 2.24) is 15.1 Å². The van der Waals surface area contributed by atoms with Crippen molar-refractivity contribution in [1.29, 1.82) is 0 Å². The number of rotatable bonds is 9. The van der Waals surface area contributed by atoms with Gasteiger partial charge < -0.3 is 10.2 Å². The van der Waals surface area contributed by atoms with Crippen LogP contribution in [0.1, 0.15) is 53.4 Å². The molecule has 1 saturated heterocycles. The van der Waals surface area contributed by atoms with Gasteiger partial charge in [-0.2, -0.15) is 0 Å². The van der Waals surface area contributed by atoms with Crippen LogP contribution in [0.3, 0.4) is 0 Å². The van der Waals surface area contributed by atoms with E-state index in [4.69, 9.17) is 0 Å². The highest BCUT2D eigenvalue weighted by atomic mass is 15.2. The largest absolute Gasteiger partial charge is 0.313 e. The standard InChI is InChI=1S/C16H35N3/c1-5-11-17-15(4)16-10-8-9-12-19(16)14-13-18(6-2)7-3/h15-17H,5-14H2,1-4H3. The summed E-state index contributed by atoms with van der Waals surface area (Å²) in [6.45, 7) is 16.4. The molecule has 1 rings (SSSR count). The first-order valence-corrected chi connectivity index (χ1v) is 8.42. The molecular formula is C16H35N3. The summed E-state index contributed by atoms with van der Waals surface area (Å²) in [6.07, 6.45) is 5.40. The Morgan fingerprint density at radius 1 is 1.21 bits per heavy atom. The van der Waals surface area contributed by atoms with E-state index in [1.165, 1.54) is 58.4 Å². The number of piperidine rings is 1. The molecule has 1 aliphatic rings. The molecule has 0 aromatic carbocycles. The van der Waals surface area contributed by atoms with E-state index in [9.17, 15) is 0 Å². The lowest BCUT2D eigenvalue weighted by molar-refractivity contribution is 0.104. The Morgan fingerprint density at radius 2 is 1.95 bits per heavy atom. The van der Waals surface area contributed by atoms with Crippen molar-refractivity contribution in [2.75, 3.05) is 39.3 Å². The molecule has 0 saturated carbocycles. The van der Waals surface area contributed by atoms with Crippen molar-refractivity contribution >= 4 is 0 Å². The Hall–Kier alpha value is -0.120. The van der Waals surface area contributed by atoms with E-state index in [-0.39, 0.29) is 0 Å². The fraction of sp³-hybridized carbons (Fsp3) is 1.00. The SMILES string of the molecule is CCCNC(C)C1CCCCN1CCN(CC)CC. The van der Waals surface area contributed by atoms with Gasteiger partial charge in [-0.1, -0.05) is 27.2 Å². The average molecular weight is 269 g/mol. The molecule has 114 valence electrons. The van der Waals surface area contributed by atoms with Gasteiger partial charge in [0.25, 0.3) is 0 Å². The summed E-state index contributed by atoms with van der Waals surface area (Å²) >= 11 is 0. The van der Waals surface area contributed by atoms with E-state index in [2.05, 4.69) is 42.8 Å². The molecule has 1 aliphatic heterocycles. The maximum Gasteiger partial charge on any atom is 0.0247 e. The lowest BCUT2D eigenvalue weighted by Crippen LogP contribution is -2.52. The Kier molecular flexibility index (Phi) is 8.67. The second-order valence-corrected chi connectivity index (χ2v) is 5.87. The van der Waals surface area contributed by atoms with Crippen LogP contribution in [0.4, 0.5) is 0 Å². The quantitative estimate of drug-likeness (QED) is 0.694. The van der Waals surface area contributed by atoms with Gasteiger partial charge >= 0.3 is 0 Å². The Labute approximate surface area is 120 Å². The second kappa shape index (κ2) is 9.73. The minimum Gasteiger partial charge on any atom is -0.313 e. The van der Waals surface area contributed by atoms with Crippen LogP contribution in [0, 0.1) is 0 Å². The highest BCUT2D eigenvalue weighted by molar-refractivity contribution is 4.85. The zero-order valence-electron chi connectivity index (χ0n) is 13.6. The monoisotopic (exact) mass is 269 g/mol. The van der Waals surface area contributed by atoms with Crippen LogP contribution < -0.4 is 5.32 Å². The molecule has 0 spiro atoms. The van der Waals surface area contributed by atoms with Gasteiger partial charge in [0.1, 0.15) is 0 Å². The fourth-order valence-corrected chi connectivity index (χ4v) is 3.18. The van der Waals surface area contributed by atoms with E-state index in [0.717, 1.165) is 12.6 Å². The van der Waals surface area contributed by atoms with Crippen molar-refractivity contribution in [3.63, 3.8) is 0 Å². The molecule has 19 heavy (non-hydrogen) atoms. The molecule has 1 fully saturated rings. The summed E-state index contributed by atoms with van der Waals surface area (Å²) in [5.74, 6) is 0. The second-order valence-electron chi connectivity index (χ2n) is 5.87. The molecule has 0 aliphatic carbocycles. The zero-order chi connectivity index (χ0) is 14.1. The first-order chi connectivity index (χ1) is 9.22. The predicted molar refractivity (Wildman–Crippen MR) is 84.8 cm³/mol. The molecule has 0 radical (unpaired) electrons. The molecule has 2 unspecified atom stereocenters. The molecular weight excluding hydrogens is 234 g/mol. The smallest absolute Gasteiger partial charge is 0.0247 e. The summed E-state index contributed by atoms with van der Waals surface area (Å²) in [4.78, 5) is 5.27. The summed E-state index contributed by atoms with van der Waals surface area (Å²) < 4.78 is 0. The fourth-order valence-electron chi connectivity index (χ4n) is 3.18. The molecule has 0 amide bonds. The van der Waals surface area contributed by atoms with Gasteiger partial charge in [0.05, 0.1) is 0 Å². The highest BCUT2D eigenvalue weighted by Gasteiger charge is 2.26. The molecule has 0 aromatic rings. The van der Waals surface area contributed by atoms with Crippen LogP contribution in [0.25, 0.3) is 0 Å². The first kappa shape index (κ1) is 16.9. The predicted octanol–water partition coefficient (Wildman–Crippen LogP) is 2.57. The number of likely N-dealkylation sites (tertiary alicyclic amines) is 1. The lowest BCUT2D eigenvalue weighted by atomic mass is 9.96. The van der Waals surface area contributed by atoms with Crippen molar-refractivity contribution in [2.24, 2.45) is 0 Å². The zero-order valence-corrected chi connectivity index (χ0v) is 13.6. The summed E-state index contributed by atoms with van der Waals surface area (Å²) in [7, 11) is 0. The Balaban J connectivity index is 2.42. The number of nitrogens with zero attached hydrogens (tertiary/aromatic N) is 2. The van der Waals surface area contributed by atoms with Gasteiger partial charge in [0.15, 0.2) is 0 Å². The maximum absolute atomic E-state index is 3.69. The minimum atomic E-state index is 0.636. The van der Waals surface area contributed by atoms with Gasteiger partial charge in [-0.05, 0) is 52.4 Å². The molecule has 1 heterocycles. The van der Waals surface area contributed by atoms with Crippen LogP contribution in [-0.2, 0) is 0 Å². The molecule has 3 nitrogen and oxygen atoms in total. The van der Waals surface area contributed by atoms with Crippen molar-refractivity contribution in [2.45, 2.75) is 65.5 Å². The average Bonchev–Trinajstić information content (AvgIpc) is 2.46. The summed E-state index contributed by atoms with van der Waals surface area (Å²) in [5, 5.41) is 3.69. The van der Waals surface area contributed by atoms with Gasteiger partial charge in [-0.15, -0.1) is 0 Å². The van der Waals surface area contributed by atoms with Crippen molar-refractivity contribution in [3.8, 4) is 0 Å². The minimum absolute atomic E-state index is 0.636. The van der Waals surface area contributed by atoms with Crippen LogP contribution in [0.2, 0.25) is 0 Å². The van der Waals surface area contributed by atoms with Crippen LogP contribution in [0.5, 0.6) is 0 Å². The molecule has 0 aromatic heterocycles. The number of likely N-dealkylation sites (N-methyl/N-ethyl adjacent to an activating group) is 1. The highest BCUT2D eigenvalue weighted by Crippen LogP contribution is 2.19. The lowest BCUT2D eigenvalue weighted by Gasteiger charge is -2.40. The molecule has 2 atom stereocenters. The topological polar surface area (TPSA) is 18.5 Å². The van der Waals surface area contributed by atoms with Crippen molar-refractivity contribution in [3.05, 3.63) is 0 Å². The third-order valence-corrected chi connectivity index (χ3v) is 4.56. The van der Waals surface area contributed by atoms with Gasteiger partial charge in [0.2, 0.25) is 0 Å². The van der Waals surface area contributed by atoms with E-state index in [1.54, 1.807) is 0 Å². The Bertz CT molecular complexity index is 216. The molecule has 3 heteroatoms. The third kappa shape index (κ3) is 5.80. The summed E-state index contributed by atoms with van der Waals surface area (Å²) in [5.41, 5.74) is 0. The number of nitrogens with one attached hydrogen (secondary N) is 1. The number of hydrogen-bond donors (Lipinski definition) is 1. The Morgan fingerprint density at radius 3 is 2.58 bits per heavy atom. The van der Waals surface area contributed by atoms with Crippen LogP contribution in [0.15, 0.2) is 0 Å². The van der Waals surface area contributed by atoms with Gasteiger partial charge in [-0.25, -0.2) is 0 Å². The first-order valence-electron chi connectivity index (χ1n) is 8.42. The van der Waals surface area contributed by atoms with Crippen LogP contribution in [-0.4, -0.2) is 61.2 Å². The van der Waals surface area contributed by atoms with Crippen molar-refractivity contribution < 1.29 is 0 Å². The maximum atomic E-state index is 3.69. The van der Waals surface area contributed by atoms with E-state index in [1.807, 2.05) is 0 Å². The normalized spacial score (nSPS) is 22.9. The van der Waals surface area contributed by atoms with Gasteiger partial charge in [-0.3, -0.25) is 4.90 Å². The summed E-state index contributed by atoms with van der Waals surface area (Å²) in [6, 6.07) is 1.38. The van der Waals surface area contributed by atoms with E-state index >= 15 is 0 Å². The van der Waals surface area contributed by atoms with Crippen LogP contribution >= 0.6 is 0 Å². The molecule has 0 bridgehead atoms. The van der Waals surface area contributed by atoms with Gasteiger partial charge in [0, 0.05) is 25.2 Å². The third-order valence-electron chi connectivity index (χ3n) is 4.56.